The Morgan fingerprint density at radius 2 is 2.38 bits per heavy atom. The van der Waals surface area contributed by atoms with Gasteiger partial charge in [-0.2, -0.15) is 0 Å². The van der Waals surface area contributed by atoms with Gasteiger partial charge in [0.05, 0.1) is 7.11 Å². The number of nitrogens with one attached hydrogen (secondary N) is 1. The summed E-state index contributed by atoms with van der Waals surface area (Å²) in [5, 5.41) is 11.8. The Labute approximate surface area is 98.5 Å². The van der Waals surface area contributed by atoms with Gasteiger partial charge in [0.2, 0.25) is 0 Å². The highest BCUT2D eigenvalue weighted by Crippen LogP contribution is 2.25. The van der Waals surface area contributed by atoms with Crippen molar-refractivity contribution in [1.82, 2.24) is 5.32 Å². The second kappa shape index (κ2) is 6.02. The second-order valence-electron chi connectivity index (χ2n) is 2.97. The van der Waals surface area contributed by atoms with Gasteiger partial charge >= 0.3 is 5.97 Å². The van der Waals surface area contributed by atoms with Crippen LogP contribution in [0.2, 0.25) is 5.02 Å². The van der Waals surface area contributed by atoms with E-state index in [0.29, 0.717) is 17.3 Å². The van der Waals surface area contributed by atoms with Crippen LogP contribution in [0.3, 0.4) is 0 Å². The van der Waals surface area contributed by atoms with E-state index < -0.39 is 5.97 Å². The predicted octanol–water partition coefficient (Wildman–Crippen LogP) is 2.04. The third-order valence-corrected chi connectivity index (χ3v) is 2.27. The van der Waals surface area contributed by atoms with Crippen molar-refractivity contribution in [3.8, 4) is 5.75 Å². The van der Waals surface area contributed by atoms with Crippen molar-refractivity contribution >= 4 is 17.6 Å². The van der Waals surface area contributed by atoms with E-state index in [9.17, 15) is 4.79 Å². The second-order valence-corrected chi connectivity index (χ2v) is 3.38. The molecule has 0 aliphatic carbocycles. The van der Waals surface area contributed by atoms with Crippen LogP contribution >= 0.6 is 11.6 Å². The molecule has 1 aromatic carbocycles. The number of carboxylic acids is 1. The number of rotatable bonds is 5. The maximum atomic E-state index is 10.2. The van der Waals surface area contributed by atoms with E-state index in [1.54, 1.807) is 25.3 Å². The van der Waals surface area contributed by atoms with Crippen molar-refractivity contribution < 1.29 is 14.6 Å². The minimum Gasteiger partial charge on any atom is -0.496 e. The van der Waals surface area contributed by atoms with Gasteiger partial charge in [-0.15, -0.1) is 0 Å². The Morgan fingerprint density at radius 1 is 1.62 bits per heavy atom. The maximum Gasteiger partial charge on any atom is 0.329 e. The summed E-state index contributed by atoms with van der Waals surface area (Å²) in [6.07, 6.45) is 2.37. The molecule has 0 saturated heterocycles. The Morgan fingerprint density at radius 3 is 3.00 bits per heavy atom. The van der Waals surface area contributed by atoms with Crippen LogP contribution in [0.1, 0.15) is 5.56 Å². The highest BCUT2D eigenvalue weighted by atomic mass is 35.5. The first kappa shape index (κ1) is 12.4. The minimum atomic E-state index is -1.00. The number of ether oxygens (including phenoxy) is 1. The Hall–Kier alpha value is -1.68. The predicted molar refractivity (Wildman–Crippen MR) is 61.6 cm³/mol. The van der Waals surface area contributed by atoms with Crippen LogP contribution < -0.4 is 10.1 Å². The van der Waals surface area contributed by atoms with E-state index in [1.807, 2.05) is 0 Å². The molecule has 0 amide bonds. The standard InChI is InChI=1S/C11H12ClNO3/c1-16-10-4-2-3-9(12)8(10)7-13-6-5-11(14)15/h2-6,13H,7H2,1H3,(H,14,15)/b6-5+. The number of aliphatic carboxylic acids is 1. The molecule has 0 radical (unpaired) electrons. The Kier molecular flexibility index (Phi) is 4.66. The van der Waals surface area contributed by atoms with Gasteiger partial charge in [0.15, 0.2) is 0 Å². The highest BCUT2D eigenvalue weighted by molar-refractivity contribution is 6.31. The van der Waals surface area contributed by atoms with Crippen LogP contribution in [0.5, 0.6) is 5.75 Å². The number of hydrogen-bond acceptors (Lipinski definition) is 3. The maximum absolute atomic E-state index is 10.2. The number of halogens is 1. The average Bonchev–Trinajstić information content (AvgIpc) is 2.25. The topological polar surface area (TPSA) is 58.6 Å². The fraction of sp³-hybridized carbons (Fsp3) is 0.182. The lowest BCUT2D eigenvalue weighted by Crippen LogP contribution is -2.07. The quantitative estimate of drug-likeness (QED) is 0.775. The van der Waals surface area contributed by atoms with E-state index in [-0.39, 0.29) is 0 Å². The zero-order valence-electron chi connectivity index (χ0n) is 8.74. The van der Waals surface area contributed by atoms with E-state index in [4.69, 9.17) is 21.4 Å². The first-order valence-corrected chi connectivity index (χ1v) is 4.97. The van der Waals surface area contributed by atoms with Gasteiger partial charge in [0, 0.05) is 29.4 Å². The molecule has 0 bridgehead atoms. The van der Waals surface area contributed by atoms with Gasteiger partial charge in [-0.05, 0) is 12.1 Å². The van der Waals surface area contributed by atoms with Gasteiger partial charge in [-0.1, -0.05) is 17.7 Å². The molecule has 0 fully saturated rings. The lowest BCUT2D eigenvalue weighted by atomic mass is 10.2. The van der Waals surface area contributed by atoms with Crippen LogP contribution in [-0.4, -0.2) is 18.2 Å². The molecule has 5 heteroatoms. The average molecular weight is 242 g/mol. The van der Waals surface area contributed by atoms with Crippen molar-refractivity contribution in [1.29, 1.82) is 0 Å². The number of hydrogen-bond donors (Lipinski definition) is 2. The minimum absolute atomic E-state index is 0.409. The summed E-state index contributed by atoms with van der Waals surface area (Å²) in [6.45, 7) is 0.409. The number of benzene rings is 1. The zero-order chi connectivity index (χ0) is 12.0. The van der Waals surface area contributed by atoms with Crippen molar-refractivity contribution in [3.63, 3.8) is 0 Å². The molecular weight excluding hydrogens is 230 g/mol. The SMILES string of the molecule is COc1cccc(Cl)c1CN/C=C/C(=O)O. The number of methoxy groups -OCH3 is 1. The molecule has 1 aromatic rings. The van der Waals surface area contributed by atoms with Crippen molar-refractivity contribution in [2.75, 3.05) is 7.11 Å². The van der Waals surface area contributed by atoms with Crippen LogP contribution in [0.15, 0.2) is 30.5 Å². The Balaban J connectivity index is 2.69. The summed E-state index contributed by atoms with van der Waals surface area (Å²) < 4.78 is 5.14. The molecule has 0 heterocycles. The van der Waals surface area contributed by atoms with Crippen LogP contribution in [0.4, 0.5) is 0 Å². The van der Waals surface area contributed by atoms with Crippen LogP contribution in [-0.2, 0) is 11.3 Å². The Bertz CT molecular complexity index is 404. The molecule has 4 nitrogen and oxygen atoms in total. The van der Waals surface area contributed by atoms with E-state index in [0.717, 1.165) is 11.6 Å². The number of carbonyl (C=O) groups is 1. The van der Waals surface area contributed by atoms with Crippen molar-refractivity contribution in [3.05, 3.63) is 41.1 Å². The van der Waals surface area contributed by atoms with Gasteiger partial charge < -0.3 is 15.2 Å². The normalized spacial score (nSPS) is 10.4. The van der Waals surface area contributed by atoms with E-state index in [2.05, 4.69) is 5.32 Å². The van der Waals surface area contributed by atoms with Crippen molar-refractivity contribution in [2.24, 2.45) is 0 Å². The molecule has 1 rings (SSSR count). The molecule has 0 aliphatic rings. The molecule has 0 spiro atoms. The molecule has 16 heavy (non-hydrogen) atoms. The molecule has 86 valence electrons. The van der Waals surface area contributed by atoms with E-state index >= 15 is 0 Å². The smallest absolute Gasteiger partial charge is 0.329 e. The third-order valence-electron chi connectivity index (χ3n) is 1.92. The summed E-state index contributed by atoms with van der Waals surface area (Å²) in [6, 6.07) is 5.34. The molecular formula is C11H12ClNO3. The highest BCUT2D eigenvalue weighted by Gasteiger charge is 2.05. The van der Waals surface area contributed by atoms with Gasteiger partial charge in [0.1, 0.15) is 5.75 Å². The summed E-state index contributed by atoms with van der Waals surface area (Å²) in [4.78, 5) is 10.2. The zero-order valence-corrected chi connectivity index (χ0v) is 9.49. The lowest BCUT2D eigenvalue weighted by molar-refractivity contribution is -0.131. The van der Waals surface area contributed by atoms with Crippen LogP contribution in [0.25, 0.3) is 0 Å². The number of carboxylic acid groups (broad SMARTS) is 1. The summed E-state index contributed by atoms with van der Waals surface area (Å²) in [7, 11) is 1.56. The van der Waals surface area contributed by atoms with Gasteiger partial charge in [0.25, 0.3) is 0 Å². The molecule has 0 unspecified atom stereocenters. The largest absolute Gasteiger partial charge is 0.496 e. The van der Waals surface area contributed by atoms with E-state index in [1.165, 1.54) is 6.20 Å². The van der Waals surface area contributed by atoms with Gasteiger partial charge in [-0.3, -0.25) is 0 Å². The lowest BCUT2D eigenvalue weighted by Gasteiger charge is -2.09. The molecule has 0 aliphatic heterocycles. The fourth-order valence-electron chi connectivity index (χ4n) is 1.19. The third kappa shape index (κ3) is 3.47. The molecule has 0 atom stereocenters. The van der Waals surface area contributed by atoms with Gasteiger partial charge in [-0.25, -0.2) is 4.79 Å². The van der Waals surface area contributed by atoms with Crippen molar-refractivity contribution in [2.45, 2.75) is 6.54 Å². The summed E-state index contributed by atoms with van der Waals surface area (Å²) in [5.74, 6) is -0.331. The fourth-order valence-corrected chi connectivity index (χ4v) is 1.43. The molecule has 0 saturated carbocycles. The molecule has 2 N–H and O–H groups in total. The van der Waals surface area contributed by atoms with Crippen LogP contribution in [0, 0.1) is 0 Å². The first-order chi connectivity index (χ1) is 7.65. The monoisotopic (exact) mass is 241 g/mol. The molecule has 0 aromatic heterocycles. The summed E-state index contributed by atoms with van der Waals surface area (Å²) >= 11 is 5.99. The first-order valence-electron chi connectivity index (χ1n) is 4.59. The summed E-state index contributed by atoms with van der Waals surface area (Å²) in [5.41, 5.74) is 0.793.